The van der Waals surface area contributed by atoms with Crippen LogP contribution < -0.4 is 16.0 Å². The van der Waals surface area contributed by atoms with Crippen LogP contribution in [0.15, 0.2) is 40.9 Å². The van der Waals surface area contributed by atoms with Crippen molar-refractivity contribution in [3.8, 4) is 0 Å². The van der Waals surface area contributed by atoms with Gasteiger partial charge < -0.3 is 20.8 Å². The molecule has 0 saturated carbocycles. The molecule has 14 heteroatoms. The Balaban J connectivity index is 1.61. The lowest BCUT2D eigenvalue weighted by molar-refractivity contribution is -0.141. The number of aliphatic imine (C=N–C) groups is 1. The number of halogens is 3. The predicted octanol–water partition coefficient (Wildman–Crippen LogP) is 3.24. The van der Waals surface area contributed by atoms with Gasteiger partial charge in [0.2, 0.25) is 5.91 Å². The van der Waals surface area contributed by atoms with Crippen LogP contribution in [0.4, 0.5) is 30.5 Å². The summed E-state index contributed by atoms with van der Waals surface area (Å²) in [5.41, 5.74) is 0.0780. The third-order valence-corrected chi connectivity index (χ3v) is 4.95. The summed E-state index contributed by atoms with van der Waals surface area (Å²) in [4.78, 5) is 45.1. The third kappa shape index (κ3) is 6.40. The van der Waals surface area contributed by atoms with Gasteiger partial charge in [0, 0.05) is 19.0 Å². The molecule has 2 aromatic heterocycles. The van der Waals surface area contributed by atoms with Crippen molar-refractivity contribution in [2.45, 2.75) is 38.9 Å². The zero-order valence-corrected chi connectivity index (χ0v) is 19.6. The Morgan fingerprint density at radius 1 is 1.31 bits per heavy atom. The maximum atomic E-state index is 12.8. The van der Waals surface area contributed by atoms with E-state index in [1.165, 1.54) is 25.7 Å². The molecule has 0 saturated heterocycles. The van der Waals surface area contributed by atoms with Crippen LogP contribution in [0.5, 0.6) is 0 Å². The van der Waals surface area contributed by atoms with Crippen LogP contribution >= 0.6 is 0 Å². The van der Waals surface area contributed by atoms with Crippen molar-refractivity contribution in [1.29, 1.82) is 0 Å². The number of pyridine rings is 1. The van der Waals surface area contributed by atoms with Crippen LogP contribution in [0.1, 0.15) is 42.0 Å². The van der Waals surface area contributed by atoms with Gasteiger partial charge in [0.25, 0.3) is 5.91 Å². The number of nitrogens with zero attached hydrogens (tertiary/aromatic N) is 5. The average molecular weight is 504 g/mol. The second kappa shape index (κ2) is 10.9. The summed E-state index contributed by atoms with van der Waals surface area (Å²) in [6.07, 6.45) is -1.55. The Hall–Kier alpha value is -4.36. The number of rotatable bonds is 8. The van der Waals surface area contributed by atoms with Crippen LogP contribution in [-0.4, -0.2) is 51.8 Å². The number of hydrogen-bond acceptors (Lipinski definition) is 9. The number of carbonyl (C=O) groups excluding carboxylic acids is 2. The summed E-state index contributed by atoms with van der Waals surface area (Å²) in [6.45, 7) is 6.92. The fraction of sp³-hybridized carbons (Fsp3) is 0.318. The lowest BCUT2D eigenvalue weighted by atomic mass is 10.0. The smallest absolute Gasteiger partial charge is 0.371 e. The zero-order chi connectivity index (χ0) is 26.5. The number of amides is 2. The van der Waals surface area contributed by atoms with Crippen molar-refractivity contribution in [2.24, 2.45) is 10.1 Å². The lowest BCUT2D eigenvalue weighted by Gasteiger charge is -2.19. The second-order valence-corrected chi connectivity index (χ2v) is 7.65. The van der Waals surface area contributed by atoms with E-state index >= 15 is 0 Å². The van der Waals surface area contributed by atoms with E-state index in [9.17, 15) is 22.8 Å². The molecule has 2 amide bonds. The van der Waals surface area contributed by atoms with Crippen molar-refractivity contribution in [2.75, 3.05) is 17.7 Å². The van der Waals surface area contributed by atoms with Crippen molar-refractivity contribution >= 4 is 41.1 Å². The van der Waals surface area contributed by atoms with E-state index in [2.05, 4.69) is 47.6 Å². The molecule has 0 fully saturated rings. The van der Waals surface area contributed by atoms with Crippen molar-refractivity contribution in [1.82, 2.24) is 20.3 Å². The lowest BCUT2D eigenvalue weighted by Crippen LogP contribution is -2.36. The SMILES string of the molecule is C=C(O/N=C(\C)C=Nc1ccc(C(F)(F)F)nc1NC)C(C)NC(=O)c1ncnc2c1CCC(=O)N2. The third-order valence-electron chi connectivity index (χ3n) is 4.95. The highest BCUT2D eigenvalue weighted by Crippen LogP contribution is 2.32. The molecule has 1 aliphatic heterocycles. The number of nitrogens with one attached hydrogen (secondary N) is 3. The summed E-state index contributed by atoms with van der Waals surface area (Å²) in [5, 5.41) is 11.7. The van der Waals surface area contributed by atoms with Gasteiger partial charge in [0.1, 0.15) is 35.0 Å². The van der Waals surface area contributed by atoms with E-state index in [4.69, 9.17) is 4.84 Å². The van der Waals surface area contributed by atoms with Crippen molar-refractivity contribution in [3.63, 3.8) is 0 Å². The van der Waals surface area contributed by atoms with Gasteiger partial charge in [-0.2, -0.15) is 13.2 Å². The van der Waals surface area contributed by atoms with Gasteiger partial charge in [-0.15, -0.1) is 0 Å². The Morgan fingerprint density at radius 2 is 2.06 bits per heavy atom. The normalized spacial score (nSPS) is 14.6. The zero-order valence-electron chi connectivity index (χ0n) is 19.6. The van der Waals surface area contributed by atoms with Gasteiger partial charge in [-0.25, -0.2) is 15.0 Å². The molecule has 3 N–H and O–H groups in total. The van der Waals surface area contributed by atoms with Crippen LogP contribution in [0.3, 0.4) is 0 Å². The number of oxime groups is 1. The first-order valence-electron chi connectivity index (χ1n) is 10.6. The molecule has 3 rings (SSSR count). The molecule has 0 radical (unpaired) electrons. The highest BCUT2D eigenvalue weighted by molar-refractivity contribution is 6.29. The number of aromatic nitrogens is 3. The minimum atomic E-state index is -4.58. The number of anilines is 2. The van der Waals surface area contributed by atoms with E-state index in [1.54, 1.807) is 13.8 Å². The van der Waals surface area contributed by atoms with Gasteiger partial charge in [0.15, 0.2) is 5.82 Å². The molecule has 0 bridgehead atoms. The highest BCUT2D eigenvalue weighted by Gasteiger charge is 2.33. The summed E-state index contributed by atoms with van der Waals surface area (Å²) in [6, 6.07) is 1.34. The Kier molecular flexibility index (Phi) is 7.96. The van der Waals surface area contributed by atoms with Crippen LogP contribution in [0.2, 0.25) is 0 Å². The van der Waals surface area contributed by atoms with E-state index in [-0.39, 0.29) is 41.0 Å². The van der Waals surface area contributed by atoms with Crippen LogP contribution in [0.25, 0.3) is 0 Å². The van der Waals surface area contributed by atoms with E-state index in [1.807, 2.05) is 0 Å². The maximum absolute atomic E-state index is 12.8. The van der Waals surface area contributed by atoms with Gasteiger partial charge in [-0.05, 0) is 32.4 Å². The van der Waals surface area contributed by atoms with E-state index < -0.39 is 23.8 Å². The fourth-order valence-corrected chi connectivity index (χ4v) is 3.03. The van der Waals surface area contributed by atoms with Crippen LogP contribution in [0, 0.1) is 0 Å². The quantitative estimate of drug-likeness (QED) is 0.285. The molecule has 0 aromatic carbocycles. The van der Waals surface area contributed by atoms with Gasteiger partial charge in [-0.1, -0.05) is 11.7 Å². The summed E-state index contributed by atoms with van der Waals surface area (Å²) in [7, 11) is 1.43. The topological polar surface area (TPSA) is 143 Å². The summed E-state index contributed by atoms with van der Waals surface area (Å²) < 4.78 is 38.5. The minimum absolute atomic E-state index is 0.0537. The first-order valence-corrected chi connectivity index (χ1v) is 10.6. The van der Waals surface area contributed by atoms with Crippen molar-refractivity contribution < 1.29 is 27.6 Å². The maximum Gasteiger partial charge on any atom is 0.433 e. The fourth-order valence-electron chi connectivity index (χ4n) is 3.03. The summed E-state index contributed by atoms with van der Waals surface area (Å²) in [5.74, 6) is -0.324. The molecular weight excluding hydrogens is 481 g/mol. The number of alkyl halides is 3. The molecular formula is C22H23F3N8O3. The molecule has 3 heterocycles. The van der Waals surface area contributed by atoms with Gasteiger partial charge in [-0.3, -0.25) is 14.6 Å². The van der Waals surface area contributed by atoms with Crippen molar-refractivity contribution in [3.05, 3.63) is 47.7 Å². The molecule has 0 aliphatic carbocycles. The number of carbonyl (C=O) groups is 2. The molecule has 1 atom stereocenters. The van der Waals surface area contributed by atoms with Gasteiger partial charge in [0.05, 0.1) is 18.0 Å². The van der Waals surface area contributed by atoms with E-state index in [0.717, 1.165) is 6.07 Å². The minimum Gasteiger partial charge on any atom is -0.371 e. The largest absolute Gasteiger partial charge is 0.433 e. The van der Waals surface area contributed by atoms with Crippen LogP contribution in [-0.2, 0) is 22.2 Å². The second-order valence-electron chi connectivity index (χ2n) is 7.65. The Labute approximate surface area is 204 Å². The molecule has 1 aliphatic rings. The predicted molar refractivity (Wildman–Crippen MR) is 126 cm³/mol. The molecule has 0 spiro atoms. The first-order chi connectivity index (χ1) is 17.0. The monoisotopic (exact) mass is 504 g/mol. The molecule has 36 heavy (non-hydrogen) atoms. The average Bonchev–Trinajstić information content (AvgIpc) is 2.84. The molecule has 190 valence electrons. The van der Waals surface area contributed by atoms with Gasteiger partial charge >= 0.3 is 6.18 Å². The number of fused-ring (bicyclic) bond motifs is 1. The summed E-state index contributed by atoms with van der Waals surface area (Å²) >= 11 is 0. The first kappa shape index (κ1) is 26.2. The Bertz CT molecular complexity index is 1240. The highest BCUT2D eigenvalue weighted by atomic mass is 19.4. The molecule has 1 unspecified atom stereocenters. The number of hydrogen-bond donors (Lipinski definition) is 3. The molecule has 2 aromatic rings. The Morgan fingerprint density at radius 3 is 2.75 bits per heavy atom. The molecule has 11 nitrogen and oxygen atoms in total. The van der Waals surface area contributed by atoms with E-state index in [0.29, 0.717) is 17.8 Å². The standard InChI is InChI=1S/C22H23F3N8O3/c1-11(9-27-15-6-7-16(22(23,24)25)31-20(15)26-4)33-36-13(3)12(2)30-21(35)18-14-5-8-17(34)32-19(14)29-10-28-18/h6-7,9-10,12H,3,5,8H2,1-2,4H3,(H,26,31)(H,30,35)(H,28,29,32,34)/b27-9?,33-11+.